The highest BCUT2D eigenvalue weighted by Gasteiger charge is 2.25. The molecule has 1 amide bonds. The Morgan fingerprint density at radius 2 is 1.88 bits per heavy atom. The molecule has 2 heterocycles. The SMILES string of the molecule is N#Cc1ccc(CN2CCC(C(=O)Nc3ncccn3)CC2)cc1. The molecule has 1 saturated heterocycles. The van der Waals surface area contributed by atoms with Crippen LogP contribution in [0.15, 0.2) is 42.7 Å². The zero-order valence-corrected chi connectivity index (χ0v) is 13.4. The summed E-state index contributed by atoms with van der Waals surface area (Å²) in [6, 6.07) is 11.5. The summed E-state index contributed by atoms with van der Waals surface area (Å²) in [5, 5.41) is 11.6. The van der Waals surface area contributed by atoms with Gasteiger partial charge in [-0.1, -0.05) is 12.1 Å². The zero-order valence-electron chi connectivity index (χ0n) is 13.4. The van der Waals surface area contributed by atoms with E-state index in [1.54, 1.807) is 18.5 Å². The van der Waals surface area contributed by atoms with Gasteiger partial charge in [0.25, 0.3) is 0 Å². The third-order valence-corrected chi connectivity index (χ3v) is 4.25. The molecule has 1 aliphatic heterocycles. The molecular formula is C18H19N5O. The standard InChI is InChI=1S/C18H19N5O/c19-12-14-2-4-15(5-3-14)13-23-10-6-16(7-11-23)17(24)22-18-20-8-1-9-21-18/h1-5,8-9,16H,6-7,10-11,13H2,(H,20,21,22,24). The summed E-state index contributed by atoms with van der Waals surface area (Å²) in [4.78, 5) is 22.6. The van der Waals surface area contributed by atoms with Gasteiger partial charge in [0.05, 0.1) is 11.6 Å². The minimum atomic E-state index is -0.000719. The molecule has 0 radical (unpaired) electrons. The summed E-state index contributed by atoms with van der Waals surface area (Å²) < 4.78 is 0. The van der Waals surface area contributed by atoms with Crippen LogP contribution >= 0.6 is 0 Å². The van der Waals surface area contributed by atoms with E-state index in [-0.39, 0.29) is 11.8 Å². The van der Waals surface area contributed by atoms with Crippen LogP contribution in [-0.4, -0.2) is 33.9 Å². The lowest BCUT2D eigenvalue weighted by Crippen LogP contribution is -2.37. The van der Waals surface area contributed by atoms with E-state index in [0.717, 1.165) is 32.5 Å². The van der Waals surface area contributed by atoms with Crippen molar-refractivity contribution in [3.05, 3.63) is 53.9 Å². The number of hydrogen-bond donors (Lipinski definition) is 1. The monoisotopic (exact) mass is 321 g/mol. The molecule has 24 heavy (non-hydrogen) atoms. The summed E-state index contributed by atoms with van der Waals surface area (Å²) in [5.41, 5.74) is 1.87. The van der Waals surface area contributed by atoms with Crippen molar-refractivity contribution in [2.24, 2.45) is 5.92 Å². The van der Waals surface area contributed by atoms with Crippen molar-refractivity contribution in [2.75, 3.05) is 18.4 Å². The molecule has 0 unspecified atom stereocenters. The molecule has 1 aromatic heterocycles. The summed E-state index contributed by atoms with van der Waals surface area (Å²) in [6.07, 6.45) is 4.88. The summed E-state index contributed by atoms with van der Waals surface area (Å²) in [5.74, 6) is 0.368. The van der Waals surface area contributed by atoms with Gasteiger partial charge in [-0.2, -0.15) is 5.26 Å². The normalized spacial score (nSPS) is 15.6. The number of hydrogen-bond acceptors (Lipinski definition) is 5. The first kappa shape index (κ1) is 16.1. The molecule has 1 aliphatic rings. The van der Waals surface area contributed by atoms with Crippen LogP contribution in [0.5, 0.6) is 0 Å². The first-order valence-corrected chi connectivity index (χ1v) is 8.04. The van der Waals surface area contributed by atoms with E-state index in [2.05, 4.69) is 26.3 Å². The van der Waals surface area contributed by atoms with Gasteiger partial charge in [0.2, 0.25) is 11.9 Å². The average Bonchev–Trinajstić information content (AvgIpc) is 2.64. The average molecular weight is 321 g/mol. The Hall–Kier alpha value is -2.78. The summed E-state index contributed by atoms with van der Waals surface area (Å²) in [7, 11) is 0. The Balaban J connectivity index is 1.48. The van der Waals surface area contributed by atoms with Gasteiger partial charge in [0, 0.05) is 24.9 Å². The van der Waals surface area contributed by atoms with E-state index in [4.69, 9.17) is 5.26 Å². The number of rotatable bonds is 4. The van der Waals surface area contributed by atoms with E-state index in [1.807, 2.05) is 24.3 Å². The zero-order chi connectivity index (χ0) is 16.8. The van der Waals surface area contributed by atoms with E-state index < -0.39 is 0 Å². The predicted molar refractivity (Wildman–Crippen MR) is 89.8 cm³/mol. The number of anilines is 1. The summed E-state index contributed by atoms with van der Waals surface area (Å²) >= 11 is 0. The van der Waals surface area contributed by atoms with Gasteiger partial charge in [-0.15, -0.1) is 0 Å². The maximum absolute atomic E-state index is 12.3. The van der Waals surface area contributed by atoms with E-state index in [9.17, 15) is 4.79 Å². The third kappa shape index (κ3) is 4.15. The molecule has 1 N–H and O–H groups in total. The van der Waals surface area contributed by atoms with Crippen LogP contribution in [0.3, 0.4) is 0 Å². The van der Waals surface area contributed by atoms with Crippen LogP contribution in [-0.2, 0) is 11.3 Å². The minimum Gasteiger partial charge on any atom is -0.299 e. The molecule has 1 aromatic carbocycles. The first-order chi connectivity index (χ1) is 11.7. The molecule has 0 atom stereocenters. The Morgan fingerprint density at radius 3 is 2.50 bits per heavy atom. The Kier molecular flexibility index (Phi) is 5.14. The Bertz CT molecular complexity index is 715. The van der Waals surface area contributed by atoms with E-state index in [0.29, 0.717) is 11.5 Å². The Morgan fingerprint density at radius 1 is 1.21 bits per heavy atom. The highest BCUT2D eigenvalue weighted by atomic mass is 16.2. The number of piperidine rings is 1. The van der Waals surface area contributed by atoms with E-state index in [1.165, 1.54) is 5.56 Å². The molecule has 6 heteroatoms. The second-order valence-corrected chi connectivity index (χ2v) is 5.92. The molecule has 3 rings (SSSR count). The topological polar surface area (TPSA) is 81.9 Å². The van der Waals surface area contributed by atoms with Crippen LogP contribution in [0.1, 0.15) is 24.0 Å². The third-order valence-electron chi connectivity index (χ3n) is 4.25. The number of nitrogens with one attached hydrogen (secondary N) is 1. The quantitative estimate of drug-likeness (QED) is 0.933. The Labute approximate surface area is 141 Å². The van der Waals surface area contributed by atoms with Gasteiger partial charge in [-0.25, -0.2) is 9.97 Å². The largest absolute Gasteiger partial charge is 0.299 e. The number of amides is 1. The fraction of sp³-hybridized carbons (Fsp3) is 0.333. The number of benzene rings is 1. The molecule has 6 nitrogen and oxygen atoms in total. The highest BCUT2D eigenvalue weighted by Crippen LogP contribution is 2.20. The molecule has 0 spiro atoms. The fourth-order valence-electron chi connectivity index (χ4n) is 2.87. The van der Waals surface area contributed by atoms with Crippen molar-refractivity contribution >= 4 is 11.9 Å². The number of nitriles is 1. The molecule has 0 saturated carbocycles. The van der Waals surface area contributed by atoms with E-state index >= 15 is 0 Å². The minimum absolute atomic E-state index is 0.000719. The van der Waals surface area contributed by atoms with Gasteiger partial charge >= 0.3 is 0 Å². The first-order valence-electron chi connectivity index (χ1n) is 8.04. The van der Waals surface area contributed by atoms with Crippen LogP contribution in [0, 0.1) is 17.2 Å². The maximum Gasteiger partial charge on any atom is 0.229 e. The second-order valence-electron chi connectivity index (χ2n) is 5.92. The molecule has 2 aromatic rings. The second kappa shape index (κ2) is 7.66. The molecular weight excluding hydrogens is 302 g/mol. The van der Waals surface area contributed by atoms with Crippen molar-refractivity contribution in [3.8, 4) is 6.07 Å². The lowest BCUT2D eigenvalue weighted by molar-refractivity contribution is -0.121. The smallest absolute Gasteiger partial charge is 0.229 e. The van der Waals surface area contributed by atoms with Crippen molar-refractivity contribution in [3.63, 3.8) is 0 Å². The predicted octanol–water partition coefficient (Wildman–Crippen LogP) is 2.20. The van der Waals surface area contributed by atoms with Crippen LogP contribution < -0.4 is 5.32 Å². The van der Waals surface area contributed by atoms with Crippen molar-refractivity contribution in [1.29, 1.82) is 5.26 Å². The number of likely N-dealkylation sites (tertiary alicyclic amines) is 1. The highest BCUT2D eigenvalue weighted by molar-refractivity contribution is 5.90. The van der Waals surface area contributed by atoms with Crippen molar-refractivity contribution < 1.29 is 4.79 Å². The fourth-order valence-corrected chi connectivity index (χ4v) is 2.87. The summed E-state index contributed by atoms with van der Waals surface area (Å²) in [6.45, 7) is 2.61. The van der Waals surface area contributed by atoms with Gasteiger partial charge in [-0.05, 0) is 49.7 Å². The lowest BCUT2D eigenvalue weighted by Gasteiger charge is -2.31. The molecule has 0 bridgehead atoms. The van der Waals surface area contributed by atoms with Crippen LogP contribution in [0.25, 0.3) is 0 Å². The molecule has 122 valence electrons. The van der Waals surface area contributed by atoms with Gasteiger partial charge < -0.3 is 0 Å². The van der Waals surface area contributed by atoms with Gasteiger partial charge in [-0.3, -0.25) is 15.0 Å². The number of nitrogens with zero attached hydrogens (tertiary/aromatic N) is 4. The van der Waals surface area contributed by atoms with Crippen molar-refractivity contribution in [2.45, 2.75) is 19.4 Å². The number of aromatic nitrogens is 2. The number of carbonyl (C=O) groups is 1. The number of carbonyl (C=O) groups excluding carboxylic acids is 1. The van der Waals surface area contributed by atoms with Gasteiger partial charge in [0.15, 0.2) is 0 Å². The molecule has 1 fully saturated rings. The van der Waals surface area contributed by atoms with Gasteiger partial charge in [0.1, 0.15) is 0 Å². The van der Waals surface area contributed by atoms with Crippen LogP contribution in [0.2, 0.25) is 0 Å². The van der Waals surface area contributed by atoms with Crippen LogP contribution in [0.4, 0.5) is 5.95 Å². The lowest BCUT2D eigenvalue weighted by atomic mass is 9.95. The maximum atomic E-state index is 12.3. The molecule has 0 aliphatic carbocycles. The van der Waals surface area contributed by atoms with Crippen molar-refractivity contribution in [1.82, 2.24) is 14.9 Å².